The number of carbonyl (C=O) groups is 2. The summed E-state index contributed by atoms with van der Waals surface area (Å²) in [6.45, 7) is 14.0. The Morgan fingerprint density at radius 3 is 2.53 bits per heavy atom. The van der Waals surface area contributed by atoms with Gasteiger partial charge in [-0.1, -0.05) is 52.8 Å². The zero-order valence-electron chi connectivity index (χ0n) is 33.1. The van der Waals surface area contributed by atoms with Gasteiger partial charge in [0.25, 0.3) is 5.91 Å². The lowest BCUT2D eigenvalue weighted by atomic mass is 9.45. The smallest absolute Gasteiger partial charge is 0.255 e. The minimum atomic E-state index is -0.895. The zero-order chi connectivity index (χ0) is 38.4. The third-order valence-corrected chi connectivity index (χ3v) is 12.7. The first kappa shape index (κ1) is 39.5. The molecule has 7 rings (SSSR count). The van der Waals surface area contributed by atoms with Crippen LogP contribution in [0.4, 0.5) is 0 Å². The fourth-order valence-corrected chi connectivity index (χ4v) is 9.91. The highest BCUT2D eigenvalue weighted by molar-refractivity contribution is 5.99. The largest absolute Gasteiger partial charge is 0.496 e. The van der Waals surface area contributed by atoms with Crippen LogP contribution in [-0.2, 0) is 22.6 Å². The number of hydroxylamine groups is 2. The number of aliphatic hydroxyl groups excluding tert-OH is 2. The van der Waals surface area contributed by atoms with Crippen LogP contribution in [-0.4, -0.2) is 103 Å². The van der Waals surface area contributed by atoms with Crippen LogP contribution >= 0.6 is 0 Å². The summed E-state index contributed by atoms with van der Waals surface area (Å²) in [6.07, 6.45) is 2.04. The second kappa shape index (κ2) is 15.9. The van der Waals surface area contributed by atoms with Gasteiger partial charge in [-0.3, -0.25) is 14.4 Å². The molecule has 2 amide bonds. The van der Waals surface area contributed by atoms with Crippen LogP contribution < -0.4 is 20.1 Å². The Balaban J connectivity index is 1.29. The number of nitrogens with zero attached hydrogens (tertiary/aromatic N) is 2. The van der Waals surface area contributed by atoms with Crippen molar-refractivity contribution in [1.82, 2.24) is 20.6 Å². The number of likely N-dealkylation sites (N-methyl/N-ethyl adjacent to an activating group) is 1. The Kier molecular flexibility index (Phi) is 11.8. The average molecular weight is 735 g/mol. The Morgan fingerprint density at radius 1 is 1.15 bits per heavy atom. The van der Waals surface area contributed by atoms with Crippen LogP contribution in [0.5, 0.6) is 11.5 Å². The molecular formula is C42H62N4O7. The predicted octanol–water partition coefficient (Wildman–Crippen LogP) is 4.66. The lowest BCUT2D eigenvalue weighted by Gasteiger charge is -2.62. The van der Waals surface area contributed by atoms with Gasteiger partial charge in [0.1, 0.15) is 23.6 Å². The van der Waals surface area contributed by atoms with Crippen LogP contribution in [0.25, 0.3) is 11.1 Å². The lowest BCUT2D eigenvalue weighted by molar-refractivity contribution is -0.183. The number of aliphatic hydroxyl groups is 2. The number of benzene rings is 2. The van der Waals surface area contributed by atoms with Crippen LogP contribution in [0.1, 0.15) is 82.3 Å². The van der Waals surface area contributed by atoms with Gasteiger partial charge < -0.3 is 35.2 Å². The van der Waals surface area contributed by atoms with Crippen molar-refractivity contribution in [2.24, 2.45) is 35.0 Å². The first-order chi connectivity index (χ1) is 25.1. The molecule has 2 aromatic carbocycles. The van der Waals surface area contributed by atoms with Crippen molar-refractivity contribution in [2.45, 2.75) is 104 Å². The van der Waals surface area contributed by atoms with Crippen LogP contribution in [0.2, 0.25) is 0 Å². The van der Waals surface area contributed by atoms with E-state index in [-0.39, 0.29) is 42.5 Å². The second-order valence-corrected chi connectivity index (χ2v) is 17.4. The first-order valence-electron chi connectivity index (χ1n) is 19.6. The number of fused-ring (bicyclic) bond motifs is 3. The van der Waals surface area contributed by atoms with Crippen molar-refractivity contribution in [2.75, 3.05) is 41.0 Å². The molecule has 3 aliphatic carbocycles. The summed E-state index contributed by atoms with van der Waals surface area (Å²) in [7, 11) is 5.64. The van der Waals surface area contributed by atoms with E-state index in [0.29, 0.717) is 53.8 Å². The highest BCUT2D eigenvalue weighted by Crippen LogP contribution is 2.61. The van der Waals surface area contributed by atoms with Crippen molar-refractivity contribution >= 4 is 11.8 Å². The van der Waals surface area contributed by atoms with E-state index in [0.717, 1.165) is 41.6 Å². The molecule has 0 radical (unpaired) electrons. The molecule has 0 aromatic heterocycles. The number of para-hydroxylation sites is 1. The number of amides is 2. The van der Waals surface area contributed by atoms with Gasteiger partial charge in [0.05, 0.1) is 38.5 Å². The molecule has 1 saturated heterocycles. The quantitative estimate of drug-likeness (QED) is 0.219. The summed E-state index contributed by atoms with van der Waals surface area (Å²) in [5, 5.41) is 29.5. The molecule has 2 aromatic rings. The summed E-state index contributed by atoms with van der Waals surface area (Å²) < 4.78 is 12.1. The molecule has 292 valence electrons. The molecule has 3 saturated carbocycles. The molecule has 2 aliphatic heterocycles. The Labute approximate surface area is 315 Å². The number of carbonyl (C=O) groups excluding carboxylic acids is 2. The second-order valence-electron chi connectivity index (χ2n) is 17.4. The van der Waals surface area contributed by atoms with Gasteiger partial charge >= 0.3 is 0 Å². The summed E-state index contributed by atoms with van der Waals surface area (Å²) in [6, 6.07) is 8.99. The molecular weight excluding hydrogens is 672 g/mol. The van der Waals surface area contributed by atoms with E-state index in [1.165, 1.54) is 6.42 Å². The topological polar surface area (TPSA) is 133 Å². The zero-order valence-corrected chi connectivity index (χ0v) is 33.1. The Hall–Kier alpha value is -3.22. The third kappa shape index (κ3) is 7.83. The van der Waals surface area contributed by atoms with E-state index in [4.69, 9.17) is 14.3 Å². The maximum Gasteiger partial charge on any atom is 0.255 e. The van der Waals surface area contributed by atoms with E-state index in [1.54, 1.807) is 19.1 Å². The minimum Gasteiger partial charge on any atom is -0.496 e. The van der Waals surface area contributed by atoms with E-state index >= 15 is 0 Å². The number of nitrogens with one attached hydrogen (secondary N) is 2. The van der Waals surface area contributed by atoms with Gasteiger partial charge in [-0.2, -0.15) is 5.06 Å². The SMILES string of the molecule is COc1c(CN2O[C@@H](CO)[C@@H]([C@H](C)O)[C@H]2C(=O)N[C@H]2C[C@H]3C[C@@H]([C@@H]2C)C3(C)C)cccc1-c1cc2c(c(C(=O)N[C@@H](CC(C)C)CN(C)C)c1)OCC2. The fraction of sp³-hybridized carbons (Fsp3) is 0.667. The van der Waals surface area contributed by atoms with Gasteiger partial charge in [0.15, 0.2) is 0 Å². The molecule has 11 heteroatoms. The molecule has 0 unspecified atom stereocenters. The summed E-state index contributed by atoms with van der Waals surface area (Å²) >= 11 is 0. The van der Waals surface area contributed by atoms with E-state index < -0.39 is 24.2 Å². The Morgan fingerprint density at radius 2 is 1.91 bits per heavy atom. The van der Waals surface area contributed by atoms with Crippen molar-refractivity contribution < 1.29 is 34.1 Å². The first-order valence-corrected chi connectivity index (χ1v) is 19.6. The van der Waals surface area contributed by atoms with Gasteiger partial charge in [-0.15, -0.1) is 0 Å². The highest BCUT2D eigenvalue weighted by atomic mass is 16.7. The number of hydrogen-bond acceptors (Lipinski definition) is 9. The van der Waals surface area contributed by atoms with Crippen LogP contribution in [0, 0.1) is 35.0 Å². The Bertz CT molecular complexity index is 1630. The normalized spacial score (nSPS) is 28.6. The monoisotopic (exact) mass is 734 g/mol. The van der Waals surface area contributed by atoms with Gasteiger partial charge in [0.2, 0.25) is 5.91 Å². The molecule has 5 aliphatic rings. The molecule has 53 heavy (non-hydrogen) atoms. The number of methoxy groups -OCH3 is 1. The summed E-state index contributed by atoms with van der Waals surface area (Å²) in [5.74, 6) is 2.11. The van der Waals surface area contributed by atoms with E-state index in [9.17, 15) is 19.8 Å². The molecule has 2 bridgehead atoms. The molecule has 11 nitrogen and oxygen atoms in total. The van der Waals surface area contributed by atoms with Crippen molar-refractivity contribution in [3.8, 4) is 22.6 Å². The standard InChI is InChI=1S/C42H62N4O7/c1-23(2)15-30(21-45(7)8)43-40(49)32-17-28(16-26-13-14-52-39(26)32)31-12-10-11-27(38(31)51-9)20-46-37(36(25(4)48)35(22-47)53-46)41(50)44-34-19-29-18-33(24(34)3)42(29,5)6/h10-12,16-17,23-25,29-30,33-37,47-48H,13-15,18-22H2,1-9H3,(H,43,49)(H,44,50)/t24-,25-,29+,30-,33-,34-,35-,36+,37-/m0/s1. The van der Waals surface area contributed by atoms with Gasteiger partial charge in [-0.05, 0) is 92.6 Å². The number of rotatable bonds is 14. The number of ether oxygens (including phenoxy) is 2. The molecule has 9 atom stereocenters. The van der Waals surface area contributed by atoms with Crippen LogP contribution in [0.3, 0.4) is 0 Å². The fourth-order valence-electron chi connectivity index (χ4n) is 9.91. The maximum absolute atomic E-state index is 14.3. The molecule has 4 fully saturated rings. The van der Waals surface area contributed by atoms with Crippen molar-refractivity contribution in [3.63, 3.8) is 0 Å². The predicted molar refractivity (Wildman–Crippen MR) is 204 cm³/mol. The minimum absolute atomic E-state index is 0.0197. The van der Waals surface area contributed by atoms with Gasteiger partial charge in [0, 0.05) is 42.1 Å². The molecule has 4 N–H and O–H groups in total. The third-order valence-electron chi connectivity index (χ3n) is 12.7. The molecule has 0 spiro atoms. The number of hydrogen-bond donors (Lipinski definition) is 4. The molecule has 2 heterocycles. The van der Waals surface area contributed by atoms with Crippen LogP contribution in [0.15, 0.2) is 30.3 Å². The summed E-state index contributed by atoms with van der Waals surface area (Å²) in [5.41, 5.74) is 4.14. The van der Waals surface area contributed by atoms with Gasteiger partial charge in [-0.25, -0.2) is 0 Å². The van der Waals surface area contributed by atoms with E-state index in [1.807, 2.05) is 38.4 Å². The average Bonchev–Trinajstić information content (AvgIpc) is 3.72. The highest BCUT2D eigenvalue weighted by Gasteiger charge is 2.57. The maximum atomic E-state index is 14.3. The van der Waals surface area contributed by atoms with Crippen molar-refractivity contribution in [3.05, 3.63) is 47.0 Å². The lowest BCUT2D eigenvalue weighted by Crippen LogP contribution is -2.62. The van der Waals surface area contributed by atoms with E-state index in [2.05, 4.69) is 56.2 Å². The summed E-state index contributed by atoms with van der Waals surface area (Å²) in [4.78, 5) is 36.6. The van der Waals surface area contributed by atoms with Crippen molar-refractivity contribution in [1.29, 1.82) is 0 Å².